The third-order valence-corrected chi connectivity index (χ3v) is 4.80. The molecule has 0 radical (unpaired) electrons. The highest BCUT2D eigenvalue weighted by atomic mass is 32.3. The molecule has 0 atom stereocenters. The molecular formula is C11H10N2O4S2. The van der Waals surface area contributed by atoms with Gasteiger partial charge in [-0.05, 0) is 11.6 Å². The summed E-state index contributed by atoms with van der Waals surface area (Å²) in [4.78, 5) is 11.4. The zero-order chi connectivity index (χ0) is 14.0. The number of urea groups is 1. The van der Waals surface area contributed by atoms with E-state index in [1.54, 1.807) is 24.3 Å². The smallest absolute Gasteiger partial charge is 0.316 e. The number of primary amides is 1. The fraction of sp³-hybridized carbons (Fsp3) is 0. The summed E-state index contributed by atoms with van der Waals surface area (Å²) < 4.78 is 31.3. The molecule has 2 aromatic rings. The Morgan fingerprint density at radius 2 is 1.89 bits per heavy atom. The molecule has 4 N–H and O–H groups in total. The number of benzene rings is 1. The molecule has 0 bridgehead atoms. The van der Waals surface area contributed by atoms with Crippen molar-refractivity contribution in [2.24, 2.45) is 5.73 Å². The molecule has 0 saturated carbocycles. The van der Waals surface area contributed by atoms with Crippen molar-refractivity contribution in [2.75, 3.05) is 5.32 Å². The summed E-state index contributed by atoms with van der Waals surface area (Å²) in [5, 5.41) is 2.18. The topological polar surface area (TPSA) is 109 Å². The third-order valence-electron chi connectivity index (χ3n) is 2.25. The Balaban J connectivity index is 2.55. The lowest BCUT2D eigenvalue weighted by molar-refractivity contribution is 0.259. The van der Waals surface area contributed by atoms with Crippen molar-refractivity contribution < 1.29 is 17.8 Å². The number of anilines is 1. The average Bonchev–Trinajstić information content (AvgIpc) is 2.73. The molecule has 6 nitrogen and oxygen atoms in total. The molecule has 1 aromatic carbocycles. The van der Waals surface area contributed by atoms with Gasteiger partial charge in [-0.3, -0.25) is 4.55 Å². The fourth-order valence-corrected chi connectivity index (χ4v) is 3.46. The van der Waals surface area contributed by atoms with Gasteiger partial charge in [0, 0.05) is 4.88 Å². The van der Waals surface area contributed by atoms with Gasteiger partial charge < -0.3 is 11.1 Å². The summed E-state index contributed by atoms with van der Waals surface area (Å²) in [5.41, 5.74) is 5.71. The minimum atomic E-state index is -4.42. The Hall–Kier alpha value is -1.90. The van der Waals surface area contributed by atoms with Crippen molar-refractivity contribution in [2.45, 2.75) is 4.21 Å². The van der Waals surface area contributed by atoms with E-state index in [1.807, 2.05) is 6.07 Å². The van der Waals surface area contributed by atoms with Crippen molar-refractivity contribution in [3.05, 3.63) is 36.4 Å². The number of rotatable bonds is 3. The van der Waals surface area contributed by atoms with E-state index < -0.39 is 16.1 Å². The lowest BCUT2D eigenvalue weighted by atomic mass is 10.2. The molecular weight excluding hydrogens is 288 g/mol. The predicted molar refractivity (Wildman–Crippen MR) is 72.8 cm³/mol. The van der Waals surface area contributed by atoms with E-state index in [2.05, 4.69) is 5.32 Å². The van der Waals surface area contributed by atoms with Gasteiger partial charge in [0.05, 0.1) is 5.69 Å². The molecule has 2 amide bonds. The number of hydrogen-bond acceptors (Lipinski definition) is 4. The molecule has 0 fully saturated rings. The molecule has 1 heterocycles. The van der Waals surface area contributed by atoms with Gasteiger partial charge in [-0.15, -0.1) is 11.3 Å². The van der Waals surface area contributed by atoms with Crippen LogP contribution in [0, 0.1) is 0 Å². The monoisotopic (exact) mass is 298 g/mol. The van der Waals surface area contributed by atoms with Crippen LogP contribution in [-0.4, -0.2) is 19.0 Å². The Morgan fingerprint density at radius 3 is 2.42 bits per heavy atom. The number of nitrogens with two attached hydrogens (primary N) is 1. The summed E-state index contributed by atoms with van der Waals surface area (Å²) in [7, 11) is -4.42. The van der Waals surface area contributed by atoms with Crippen LogP contribution in [0.25, 0.3) is 10.4 Å². The lowest BCUT2D eigenvalue weighted by Gasteiger charge is -1.99. The molecule has 0 spiro atoms. The van der Waals surface area contributed by atoms with Crippen LogP contribution in [0.2, 0.25) is 0 Å². The second kappa shape index (κ2) is 5.00. The van der Waals surface area contributed by atoms with Gasteiger partial charge in [0.25, 0.3) is 0 Å². The highest BCUT2D eigenvalue weighted by Crippen LogP contribution is 2.37. The second-order valence-electron chi connectivity index (χ2n) is 3.64. The maximum atomic E-state index is 11.3. The number of amides is 2. The standard InChI is InChI=1S/C11H10N2O4S2/c12-11(14)13-8-6-9(7-4-2-1-3-5-7)18-10(8)19(15,16)17/h1-6H,(H3,12,13,14)(H,15,16,17). The van der Waals surface area contributed by atoms with Crippen LogP contribution in [-0.2, 0) is 10.1 Å². The van der Waals surface area contributed by atoms with Crippen molar-refractivity contribution in [1.82, 2.24) is 0 Å². The summed E-state index contributed by atoms with van der Waals surface area (Å²) in [6.07, 6.45) is 0. The van der Waals surface area contributed by atoms with E-state index in [0.29, 0.717) is 4.88 Å². The van der Waals surface area contributed by atoms with Gasteiger partial charge in [0.15, 0.2) is 4.21 Å². The normalized spacial score (nSPS) is 11.2. The van der Waals surface area contributed by atoms with Gasteiger partial charge in [-0.25, -0.2) is 4.79 Å². The Morgan fingerprint density at radius 1 is 1.26 bits per heavy atom. The van der Waals surface area contributed by atoms with Crippen LogP contribution in [0.1, 0.15) is 0 Å². The Kier molecular flexibility index (Phi) is 3.56. The van der Waals surface area contributed by atoms with Crippen LogP contribution in [0.4, 0.5) is 10.5 Å². The minimum Gasteiger partial charge on any atom is -0.351 e. The molecule has 2 rings (SSSR count). The summed E-state index contributed by atoms with van der Waals surface area (Å²) in [6, 6.07) is 9.54. The molecule has 1 aromatic heterocycles. The van der Waals surface area contributed by atoms with Crippen molar-refractivity contribution >= 4 is 33.2 Å². The van der Waals surface area contributed by atoms with Gasteiger partial charge in [0.1, 0.15) is 0 Å². The molecule has 0 unspecified atom stereocenters. The van der Waals surface area contributed by atoms with Crippen molar-refractivity contribution in [3.8, 4) is 10.4 Å². The van der Waals surface area contributed by atoms with E-state index >= 15 is 0 Å². The Bertz CT molecular complexity index is 708. The number of nitrogens with one attached hydrogen (secondary N) is 1. The summed E-state index contributed by atoms with van der Waals surface area (Å²) in [5.74, 6) is 0. The highest BCUT2D eigenvalue weighted by Gasteiger charge is 2.21. The van der Waals surface area contributed by atoms with Crippen LogP contribution in [0.15, 0.2) is 40.6 Å². The van der Waals surface area contributed by atoms with E-state index in [1.165, 1.54) is 6.07 Å². The third kappa shape index (κ3) is 3.11. The number of carbonyl (C=O) groups excluding carboxylic acids is 1. The van der Waals surface area contributed by atoms with E-state index in [-0.39, 0.29) is 9.90 Å². The van der Waals surface area contributed by atoms with Gasteiger partial charge in [-0.1, -0.05) is 30.3 Å². The van der Waals surface area contributed by atoms with Crippen LogP contribution < -0.4 is 11.1 Å². The van der Waals surface area contributed by atoms with E-state index in [4.69, 9.17) is 10.3 Å². The fourth-order valence-electron chi connectivity index (χ4n) is 1.53. The van der Waals surface area contributed by atoms with Gasteiger partial charge in [-0.2, -0.15) is 8.42 Å². The van der Waals surface area contributed by atoms with Gasteiger partial charge in [0.2, 0.25) is 0 Å². The van der Waals surface area contributed by atoms with E-state index in [0.717, 1.165) is 16.9 Å². The van der Waals surface area contributed by atoms with Crippen LogP contribution in [0.5, 0.6) is 0 Å². The lowest BCUT2D eigenvalue weighted by Crippen LogP contribution is -2.20. The summed E-state index contributed by atoms with van der Waals surface area (Å²) >= 11 is 0.853. The van der Waals surface area contributed by atoms with E-state index in [9.17, 15) is 13.2 Å². The van der Waals surface area contributed by atoms with Gasteiger partial charge >= 0.3 is 16.1 Å². The number of hydrogen-bond donors (Lipinski definition) is 3. The Labute approximate surface area is 113 Å². The molecule has 100 valence electrons. The number of carbonyl (C=O) groups is 1. The first-order chi connectivity index (χ1) is 8.88. The quantitative estimate of drug-likeness (QED) is 0.754. The molecule has 19 heavy (non-hydrogen) atoms. The SMILES string of the molecule is NC(=O)Nc1cc(-c2ccccc2)sc1S(=O)(=O)O. The zero-order valence-corrected chi connectivity index (χ0v) is 11.2. The molecule has 0 aliphatic carbocycles. The number of thiophene rings is 1. The highest BCUT2D eigenvalue weighted by molar-refractivity contribution is 7.88. The first-order valence-corrected chi connectivity index (χ1v) is 7.37. The maximum absolute atomic E-state index is 11.3. The first kappa shape index (κ1) is 13.5. The maximum Gasteiger partial charge on any atom is 0.316 e. The van der Waals surface area contributed by atoms with Crippen LogP contribution in [0.3, 0.4) is 0 Å². The van der Waals surface area contributed by atoms with Crippen molar-refractivity contribution in [3.63, 3.8) is 0 Å². The molecule has 0 aliphatic rings. The first-order valence-electron chi connectivity index (χ1n) is 5.11. The predicted octanol–water partition coefficient (Wildman–Crippen LogP) is 2.15. The van der Waals surface area contributed by atoms with Crippen molar-refractivity contribution in [1.29, 1.82) is 0 Å². The van der Waals surface area contributed by atoms with Crippen LogP contribution >= 0.6 is 11.3 Å². The molecule has 0 saturated heterocycles. The molecule has 0 aliphatic heterocycles. The zero-order valence-electron chi connectivity index (χ0n) is 9.53. The second-order valence-corrected chi connectivity index (χ2v) is 6.31. The molecule has 8 heteroatoms. The minimum absolute atomic E-state index is 0.0288. The largest absolute Gasteiger partial charge is 0.351 e. The summed E-state index contributed by atoms with van der Waals surface area (Å²) in [6.45, 7) is 0. The average molecular weight is 298 g/mol.